The summed E-state index contributed by atoms with van der Waals surface area (Å²) in [6.45, 7) is 8.78. The fourth-order valence-electron chi connectivity index (χ4n) is 1.69. The molecule has 0 spiro atoms. The molecule has 0 aliphatic heterocycles. The van der Waals surface area contributed by atoms with Crippen molar-refractivity contribution in [1.29, 1.82) is 0 Å². The van der Waals surface area contributed by atoms with E-state index in [1.807, 2.05) is 14.1 Å². The highest BCUT2D eigenvalue weighted by Gasteiger charge is 2.33. The van der Waals surface area contributed by atoms with Crippen molar-refractivity contribution in [2.24, 2.45) is 21.7 Å². The van der Waals surface area contributed by atoms with Crippen molar-refractivity contribution in [2.45, 2.75) is 27.7 Å². The quantitative estimate of drug-likeness (QED) is 0.279. The predicted molar refractivity (Wildman–Crippen MR) is 72.5 cm³/mol. The lowest BCUT2D eigenvalue weighted by Crippen LogP contribution is -2.49. The van der Waals surface area contributed by atoms with Crippen LogP contribution in [0.3, 0.4) is 0 Å². The molecule has 0 bridgehead atoms. The van der Waals surface area contributed by atoms with Crippen LogP contribution in [0.25, 0.3) is 0 Å². The standard InChI is InChI=1S/C12H26N4O2/c1-11(2,8-16(5)6)7-14-10(17)12(3,4)9(13)15-18/h18H,7-8H2,1-6H3,(H2,13,15)(H,14,17). The molecule has 4 N–H and O–H groups in total. The molecule has 18 heavy (non-hydrogen) atoms. The van der Waals surface area contributed by atoms with Gasteiger partial charge in [0.1, 0.15) is 5.41 Å². The van der Waals surface area contributed by atoms with Crippen molar-refractivity contribution in [2.75, 3.05) is 27.2 Å². The van der Waals surface area contributed by atoms with Crippen molar-refractivity contribution in [3.63, 3.8) is 0 Å². The lowest BCUT2D eigenvalue weighted by Gasteiger charge is -2.30. The second kappa shape index (κ2) is 6.04. The number of nitrogens with one attached hydrogen (secondary N) is 1. The maximum Gasteiger partial charge on any atom is 0.233 e. The molecule has 0 heterocycles. The Morgan fingerprint density at radius 2 is 1.83 bits per heavy atom. The van der Waals surface area contributed by atoms with E-state index < -0.39 is 5.41 Å². The predicted octanol–water partition coefficient (Wildman–Crippen LogP) is 0.463. The van der Waals surface area contributed by atoms with Gasteiger partial charge in [0.05, 0.1) is 0 Å². The minimum atomic E-state index is -1.01. The molecular formula is C12H26N4O2. The third-order valence-corrected chi connectivity index (χ3v) is 2.79. The number of amides is 1. The van der Waals surface area contributed by atoms with E-state index in [9.17, 15) is 4.79 Å². The molecule has 0 aromatic heterocycles. The Morgan fingerprint density at radius 3 is 2.22 bits per heavy atom. The molecule has 0 saturated heterocycles. The van der Waals surface area contributed by atoms with Crippen LogP contribution < -0.4 is 11.1 Å². The van der Waals surface area contributed by atoms with Crippen molar-refractivity contribution >= 4 is 11.7 Å². The Morgan fingerprint density at radius 1 is 1.33 bits per heavy atom. The van der Waals surface area contributed by atoms with Gasteiger partial charge in [-0.3, -0.25) is 4.79 Å². The summed E-state index contributed by atoms with van der Waals surface area (Å²) in [6, 6.07) is 0. The molecule has 6 heteroatoms. The van der Waals surface area contributed by atoms with Gasteiger partial charge in [-0.15, -0.1) is 0 Å². The Hall–Kier alpha value is -1.30. The molecule has 0 aromatic carbocycles. The minimum Gasteiger partial charge on any atom is -0.409 e. The third kappa shape index (κ3) is 4.91. The molecule has 0 aliphatic carbocycles. The number of carbonyl (C=O) groups excluding carboxylic acids is 1. The van der Waals surface area contributed by atoms with Gasteiger partial charge in [0.15, 0.2) is 5.84 Å². The molecule has 0 atom stereocenters. The van der Waals surface area contributed by atoms with Crippen LogP contribution in [-0.2, 0) is 4.79 Å². The number of hydrogen-bond donors (Lipinski definition) is 3. The van der Waals surface area contributed by atoms with Gasteiger partial charge < -0.3 is 21.2 Å². The van der Waals surface area contributed by atoms with Gasteiger partial charge >= 0.3 is 0 Å². The monoisotopic (exact) mass is 258 g/mol. The van der Waals surface area contributed by atoms with Crippen LogP contribution in [-0.4, -0.2) is 49.0 Å². The number of rotatable bonds is 6. The summed E-state index contributed by atoms with van der Waals surface area (Å²) in [5.41, 5.74) is 4.45. The van der Waals surface area contributed by atoms with Crippen molar-refractivity contribution in [3.8, 4) is 0 Å². The van der Waals surface area contributed by atoms with E-state index in [0.717, 1.165) is 6.54 Å². The van der Waals surface area contributed by atoms with Crippen LogP contribution in [0.15, 0.2) is 5.16 Å². The van der Waals surface area contributed by atoms with E-state index in [4.69, 9.17) is 10.9 Å². The largest absolute Gasteiger partial charge is 0.409 e. The molecule has 0 rings (SSSR count). The molecule has 0 aromatic rings. The van der Waals surface area contributed by atoms with E-state index in [1.165, 1.54) is 0 Å². The number of oxime groups is 1. The lowest BCUT2D eigenvalue weighted by atomic mass is 9.89. The summed E-state index contributed by atoms with van der Waals surface area (Å²) in [5, 5.41) is 14.4. The summed E-state index contributed by atoms with van der Waals surface area (Å²) in [7, 11) is 3.98. The summed E-state index contributed by atoms with van der Waals surface area (Å²) in [6.07, 6.45) is 0. The molecule has 0 saturated carbocycles. The van der Waals surface area contributed by atoms with E-state index >= 15 is 0 Å². The first kappa shape index (κ1) is 16.7. The average Bonchev–Trinajstić information content (AvgIpc) is 2.22. The SMILES string of the molecule is CN(C)CC(C)(C)CNC(=O)C(C)(C)C(N)=NO. The molecule has 1 amide bonds. The second-order valence-corrected chi connectivity index (χ2v) is 6.19. The smallest absolute Gasteiger partial charge is 0.233 e. The van der Waals surface area contributed by atoms with Gasteiger partial charge in [-0.25, -0.2) is 0 Å². The van der Waals surface area contributed by atoms with E-state index in [1.54, 1.807) is 13.8 Å². The van der Waals surface area contributed by atoms with Crippen LogP contribution in [0, 0.1) is 10.8 Å². The maximum absolute atomic E-state index is 12.0. The average molecular weight is 258 g/mol. The van der Waals surface area contributed by atoms with Gasteiger partial charge in [0.25, 0.3) is 0 Å². The first-order chi connectivity index (χ1) is 8.03. The Balaban J connectivity index is 4.52. The highest BCUT2D eigenvalue weighted by atomic mass is 16.4. The van der Waals surface area contributed by atoms with Crippen LogP contribution in [0.5, 0.6) is 0 Å². The van der Waals surface area contributed by atoms with Crippen LogP contribution in [0.2, 0.25) is 0 Å². The molecule has 0 fully saturated rings. The zero-order chi connectivity index (χ0) is 14.6. The fourth-order valence-corrected chi connectivity index (χ4v) is 1.69. The van der Waals surface area contributed by atoms with Crippen LogP contribution in [0.1, 0.15) is 27.7 Å². The van der Waals surface area contributed by atoms with Gasteiger partial charge in [-0.05, 0) is 33.4 Å². The number of carbonyl (C=O) groups is 1. The lowest BCUT2D eigenvalue weighted by molar-refractivity contribution is -0.126. The maximum atomic E-state index is 12.0. The van der Waals surface area contributed by atoms with Crippen LogP contribution in [0.4, 0.5) is 0 Å². The van der Waals surface area contributed by atoms with E-state index in [0.29, 0.717) is 6.54 Å². The first-order valence-corrected chi connectivity index (χ1v) is 5.94. The topological polar surface area (TPSA) is 91.0 Å². The van der Waals surface area contributed by atoms with Gasteiger partial charge in [-0.2, -0.15) is 0 Å². The number of nitrogens with zero attached hydrogens (tertiary/aromatic N) is 2. The van der Waals surface area contributed by atoms with E-state index in [-0.39, 0.29) is 17.2 Å². The molecule has 0 aliphatic rings. The van der Waals surface area contributed by atoms with Crippen LogP contribution >= 0.6 is 0 Å². The molecule has 6 nitrogen and oxygen atoms in total. The number of hydrogen-bond acceptors (Lipinski definition) is 4. The van der Waals surface area contributed by atoms with Crippen molar-refractivity contribution in [3.05, 3.63) is 0 Å². The zero-order valence-electron chi connectivity index (χ0n) is 12.2. The number of nitrogens with two attached hydrogens (primary N) is 1. The Kier molecular flexibility index (Phi) is 5.60. The van der Waals surface area contributed by atoms with Gasteiger partial charge in [0.2, 0.25) is 5.91 Å². The first-order valence-electron chi connectivity index (χ1n) is 5.94. The normalized spacial score (nSPS) is 13.8. The fraction of sp³-hybridized carbons (Fsp3) is 0.833. The van der Waals surface area contributed by atoms with E-state index in [2.05, 4.69) is 29.2 Å². The van der Waals surface area contributed by atoms with Gasteiger partial charge in [-0.1, -0.05) is 19.0 Å². The highest BCUT2D eigenvalue weighted by Crippen LogP contribution is 2.18. The van der Waals surface area contributed by atoms with Crippen molar-refractivity contribution in [1.82, 2.24) is 10.2 Å². The van der Waals surface area contributed by atoms with Gasteiger partial charge in [0, 0.05) is 13.1 Å². The third-order valence-electron chi connectivity index (χ3n) is 2.79. The van der Waals surface area contributed by atoms with Crippen molar-refractivity contribution < 1.29 is 10.0 Å². The Bertz CT molecular complexity index is 322. The molecule has 0 unspecified atom stereocenters. The summed E-state index contributed by atoms with van der Waals surface area (Å²) in [4.78, 5) is 14.1. The molecular weight excluding hydrogens is 232 g/mol. The second-order valence-electron chi connectivity index (χ2n) is 6.19. The molecule has 106 valence electrons. The summed E-state index contributed by atoms with van der Waals surface area (Å²) < 4.78 is 0. The zero-order valence-corrected chi connectivity index (χ0v) is 12.2. The highest BCUT2D eigenvalue weighted by molar-refractivity contribution is 6.05. The molecule has 0 radical (unpaired) electrons. The summed E-state index contributed by atoms with van der Waals surface area (Å²) in [5.74, 6) is -0.338. The minimum absolute atomic E-state index is 0.0413. The summed E-state index contributed by atoms with van der Waals surface area (Å²) >= 11 is 0. The number of amidine groups is 1. The Labute approximate surface area is 109 Å².